The summed E-state index contributed by atoms with van der Waals surface area (Å²) >= 11 is 0. The number of carboxylic acid groups (broad SMARTS) is 1. The van der Waals surface area contributed by atoms with E-state index in [1.807, 2.05) is 12.2 Å². The Morgan fingerprint density at radius 3 is 1.74 bits per heavy atom. The molecule has 0 saturated heterocycles. The van der Waals surface area contributed by atoms with Crippen molar-refractivity contribution in [1.29, 1.82) is 0 Å². The van der Waals surface area contributed by atoms with Crippen LogP contribution in [0.15, 0.2) is 72.9 Å². The molecule has 0 aliphatic heterocycles. The van der Waals surface area contributed by atoms with Gasteiger partial charge in [0.25, 0.3) is 0 Å². The van der Waals surface area contributed by atoms with Gasteiger partial charge in [-0.15, -0.1) is 0 Å². The van der Waals surface area contributed by atoms with E-state index >= 15 is 0 Å². The van der Waals surface area contributed by atoms with Gasteiger partial charge >= 0.3 is 5.97 Å². The normalized spacial score (nSPS) is 12.6. The van der Waals surface area contributed by atoms with E-state index in [0.29, 0.717) is 12.8 Å². The number of rotatable bonds is 15. The van der Waals surface area contributed by atoms with Gasteiger partial charge in [0.1, 0.15) is 6.54 Å². The lowest BCUT2D eigenvalue weighted by Crippen LogP contribution is -2.28. The highest BCUT2D eigenvalue weighted by atomic mass is 16.4. The molecule has 0 unspecified atom stereocenters. The predicted molar refractivity (Wildman–Crippen MR) is 113 cm³/mol. The monoisotopic (exact) mass is 371 g/mol. The summed E-state index contributed by atoms with van der Waals surface area (Å²) in [5.41, 5.74) is 0. The Balaban J connectivity index is 3.61. The Hall–Kier alpha value is -2.62. The number of hydrogen-bond acceptors (Lipinski definition) is 2. The summed E-state index contributed by atoms with van der Waals surface area (Å²) in [7, 11) is 0. The van der Waals surface area contributed by atoms with Crippen molar-refractivity contribution in [1.82, 2.24) is 5.32 Å². The molecular formula is C23H33NO3. The zero-order chi connectivity index (χ0) is 20.0. The highest BCUT2D eigenvalue weighted by Crippen LogP contribution is 1.96. The van der Waals surface area contributed by atoms with Gasteiger partial charge in [-0.3, -0.25) is 9.59 Å². The molecule has 0 aromatic heterocycles. The van der Waals surface area contributed by atoms with Crippen molar-refractivity contribution in [3.8, 4) is 0 Å². The van der Waals surface area contributed by atoms with Crippen molar-refractivity contribution in [3.63, 3.8) is 0 Å². The van der Waals surface area contributed by atoms with Crippen LogP contribution >= 0.6 is 0 Å². The van der Waals surface area contributed by atoms with Gasteiger partial charge in [-0.05, 0) is 38.5 Å². The molecule has 148 valence electrons. The summed E-state index contributed by atoms with van der Waals surface area (Å²) in [5.74, 6) is -1.26. The Kier molecular flexibility index (Phi) is 17.8. The molecule has 2 N–H and O–H groups in total. The molecule has 0 aromatic rings. The standard InChI is InChI=1S/C23H33NO3/c1-2-3-4-5-6-7-8-9-10-11-12-13-14-15-16-17-18-19-20-22(25)24-21-23(26)27/h3-4,6-7,9-12,14-15,17-18H,2,5,8,13,16,19-21H2,1H3,(H,24,25)(H,26,27)/b4-3-,7-6-,10-9-,12-11-,15-14-,18-17-. The van der Waals surface area contributed by atoms with Crippen molar-refractivity contribution in [2.45, 2.75) is 51.9 Å². The van der Waals surface area contributed by atoms with Crippen molar-refractivity contribution >= 4 is 11.9 Å². The van der Waals surface area contributed by atoms with E-state index in [0.717, 1.165) is 32.1 Å². The fraction of sp³-hybridized carbons (Fsp3) is 0.391. The van der Waals surface area contributed by atoms with Gasteiger partial charge in [-0.2, -0.15) is 0 Å². The minimum absolute atomic E-state index is 0.236. The molecule has 0 aliphatic rings. The molecule has 0 aliphatic carbocycles. The zero-order valence-corrected chi connectivity index (χ0v) is 16.3. The number of amides is 1. The van der Waals surface area contributed by atoms with Gasteiger partial charge in [-0.1, -0.05) is 79.8 Å². The molecule has 1 amide bonds. The minimum atomic E-state index is -1.03. The van der Waals surface area contributed by atoms with Crippen LogP contribution in [0.3, 0.4) is 0 Å². The van der Waals surface area contributed by atoms with Gasteiger partial charge in [0, 0.05) is 6.42 Å². The molecule has 0 rings (SSSR count). The zero-order valence-electron chi connectivity index (χ0n) is 16.3. The molecule has 4 heteroatoms. The Morgan fingerprint density at radius 1 is 0.741 bits per heavy atom. The van der Waals surface area contributed by atoms with Gasteiger partial charge in [0.15, 0.2) is 0 Å². The van der Waals surface area contributed by atoms with Gasteiger partial charge in [0.2, 0.25) is 5.91 Å². The topological polar surface area (TPSA) is 66.4 Å². The van der Waals surface area contributed by atoms with Crippen LogP contribution in [0, 0.1) is 0 Å². The van der Waals surface area contributed by atoms with E-state index in [-0.39, 0.29) is 12.5 Å². The second-order valence-corrected chi connectivity index (χ2v) is 5.80. The molecule has 0 fully saturated rings. The quantitative estimate of drug-likeness (QED) is 0.304. The van der Waals surface area contributed by atoms with Gasteiger partial charge in [-0.25, -0.2) is 0 Å². The lowest BCUT2D eigenvalue weighted by molar-refractivity contribution is -0.137. The average molecular weight is 372 g/mol. The lowest BCUT2D eigenvalue weighted by atomic mass is 10.2. The number of aliphatic carboxylic acids is 1. The van der Waals surface area contributed by atoms with Gasteiger partial charge < -0.3 is 10.4 Å². The van der Waals surface area contributed by atoms with Crippen LogP contribution in [0.4, 0.5) is 0 Å². The Bertz CT molecular complexity index is 566. The second kappa shape index (κ2) is 19.7. The third-order valence-corrected chi connectivity index (χ3v) is 3.35. The molecule has 0 heterocycles. The number of carbonyl (C=O) groups excluding carboxylic acids is 1. The molecule has 0 radical (unpaired) electrons. The SMILES string of the molecule is CC/C=C\C/C=C\C/C=C\C=C/C/C=C\C/C=C\CCC(=O)NCC(=O)O. The van der Waals surface area contributed by atoms with Gasteiger partial charge in [0.05, 0.1) is 0 Å². The first-order valence-corrected chi connectivity index (χ1v) is 9.57. The fourth-order valence-electron chi connectivity index (χ4n) is 1.97. The van der Waals surface area contributed by atoms with Crippen LogP contribution < -0.4 is 5.32 Å². The summed E-state index contributed by atoms with van der Waals surface area (Å²) in [6.07, 6.45) is 30.9. The summed E-state index contributed by atoms with van der Waals surface area (Å²) in [6, 6.07) is 0. The van der Waals surface area contributed by atoms with E-state index in [4.69, 9.17) is 5.11 Å². The molecule has 0 aromatic carbocycles. The highest BCUT2D eigenvalue weighted by molar-refractivity contribution is 5.81. The van der Waals surface area contributed by atoms with E-state index in [9.17, 15) is 9.59 Å². The van der Waals surface area contributed by atoms with Crippen LogP contribution in [0.1, 0.15) is 51.9 Å². The first-order valence-electron chi connectivity index (χ1n) is 9.57. The number of nitrogens with one attached hydrogen (secondary N) is 1. The van der Waals surface area contributed by atoms with Crippen LogP contribution in [0.25, 0.3) is 0 Å². The molecule has 0 bridgehead atoms. The van der Waals surface area contributed by atoms with E-state index < -0.39 is 5.97 Å². The van der Waals surface area contributed by atoms with Crippen molar-refractivity contribution < 1.29 is 14.7 Å². The number of hydrogen-bond donors (Lipinski definition) is 2. The van der Waals surface area contributed by atoms with E-state index in [2.05, 4.69) is 73.0 Å². The number of allylic oxidation sites excluding steroid dienone is 12. The fourth-order valence-corrected chi connectivity index (χ4v) is 1.97. The summed E-state index contributed by atoms with van der Waals surface area (Å²) in [6.45, 7) is 1.82. The second-order valence-electron chi connectivity index (χ2n) is 5.80. The van der Waals surface area contributed by atoms with Crippen LogP contribution in [0.2, 0.25) is 0 Å². The van der Waals surface area contributed by atoms with Crippen molar-refractivity contribution in [2.75, 3.05) is 6.54 Å². The first kappa shape index (κ1) is 24.4. The lowest BCUT2D eigenvalue weighted by Gasteiger charge is -1.99. The third kappa shape index (κ3) is 21.3. The van der Waals surface area contributed by atoms with Crippen LogP contribution in [-0.2, 0) is 9.59 Å². The molecule has 4 nitrogen and oxygen atoms in total. The van der Waals surface area contributed by atoms with Crippen molar-refractivity contribution in [3.05, 3.63) is 72.9 Å². The highest BCUT2D eigenvalue weighted by Gasteiger charge is 2.01. The maximum absolute atomic E-state index is 11.3. The minimum Gasteiger partial charge on any atom is -0.480 e. The van der Waals surface area contributed by atoms with Crippen molar-refractivity contribution in [2.24, 2.45) is 0 Å². The Labute approximate surface area is 163 Å². The summed E-state index contributed by atoms with van der Waals surface area (Å²) in [5, 5.41) is 10.8. The van der Waals surface area contributed by atoms with Crippen LogP contribution in [-0.4, -0.2) is 23.5 Å². The smallest absolute Gasteiger partial charge is 0.322 e. The van der Waals surface area contributed by atoms with E-state index in [1.54, 1.807) is 0 Å². The first-order chi connectivity index (χ1) is 13.2. The largest absolute Gasteiger partial charge is 0.480 e. The number of carbonyl (C=O) groups is 2. The Morgan fingerprint density at radius 2 is 1.22 bits per heavy atom. The summed E-state index contributed by atoms with van der Waals surface area (Å²) in [4.78, 5) is 21.6. The van der Waals surface area contributed by atoms with Crippen LogP contribution in [0.5, 0.6) is 0 Å². The molecule has 0 spiro atoms. The number of carboxylic acids is 1. The summed E-state index contributed by atoms with van der Waals surface area (Å²) < 4.78 is 0. The maximum atomic E-state index is 11.3. The molecule has 0 saturated carbocycles. The molecular weight excluding hydrogens is 338 g/mol. The average Bonchev–Trinajstić information content (AvgIpc) is 2.65. The predicted octanol–water partition coefficient (Wildman–Crippen LogP) is 5.28. The van der Waals surface area contributed by atoms with E-state index in [1.165, 1.54) is 0 Å². The molecule has 0 atom stereocenters. The maximum Gasteiger partial charge on any atom is 0.322 e. The third-order valence-electron chi connectivity index (χ3n) is 3.35. The molecule has 27 heavy (non-hydrogen) atoms.